The van der Waals surface area contributed by atoms with Crippen molar-refractivity contribution < 1.29 is 9.90 Å². The van der Waals surface area contributed by atoms with Gasteiger partial charge in [0, 0.05) is 6.20 Å². The zero-order valence-corrected chi connectivity index (χ0v) is 10.9. The second-order valence-electron chi connectivity index (χ2n) is 4.05. The second kappa shape index (κ2) is 6.21. The molecule has 2 rings (SSSR count). The number of aromatic hydroxyl groups is 1. The summed E-state index contributed by atoms with van der Waals surface area (Å²) in [5, 5.41) is 12.0. The first-order valence-corrected chi connectivity index (χ1v) is 5.89. The number of nitrogens with one attached hydrogen (secondary N) is 2. The number of nitrogens with zero attached hydrogens (tertiary/aromatic N) is 3. The van der Waals surface area contributed by atoms with Crippen LogP contribution in [0.25, 0.3) is 4.85 Å². The van der Waals surface area contributed by atoms with Gasteiger partial charge in [0.25, 0.3) is 5.91 Å². The fourth-order valence-electron chi connectivity index (χ4n) is 1.54. The molecular weight excluding hydrogens is 272 g/mol. The maximum atomic E-state index is 12.0. The number of phenolic OH excluding ortho intramolecular Hbond substituents is 1. The van der Waals surface area contributed by atoms with E-state index in [1.807, 2.05) is 0 Å². The van der Waals surface area contributed by atoms with E-state index in [4.69, 9.17) is 12.3 Å². The molecule has 1 heterocycles. The van der Waals surface area contributed by atoms with E-state index >= 15 is 0 Å². The van der Waals surface area contributed by atoms with Gasteiger partial charge < -0.3 is 15.8 Å². The van der Waals surface area contributed by atoms with Gasteiger partial charge >= 0.3 is 0 Å². The van der Waals surface area contributed by atoms with E-state index in [9.17, 15) is 9.90 Å². The Bertz CT molecular complexity index is 715. The summed E-state index contributed by atoms with van der Waals surface area (Å²) in [6, 6.07) is 3.97. The molecule has 0 atom stereocenters. The van der Waals surface area contributed by atoms with Crippen molar-refractivity contribution in [3.05, 3.63) is 53.4 Å². The fraction of sp³-hybridized carbons (Fsp3) is 0.0769. The van der Waals surface area contributed by atoms with Crippen molar-refractivity contribution in [2.75, 3.05) is 0 Å². The maximum absolute atomic E-state index is 12.0. The molecule has 1 aromatic heterocycles. The molecule has 106 valence electrons. The molecule has 1 aromatic carbocycles. The summed E-state index contributed by atoms with van der Waals surface area (Å²) in [5.41, 5.74) is 6.53. The number of guanidine groups is 1. The van der Waals surface area contributed by atoms with Crippen molar-refractivity contribution in [3.63, 3.8) is 0 Å². The van der Waals surface area contributed by atoms with Gasteiger partial charge in [-0.2, -0.15) is 0 Å². The molecule has 0 spiro atoms. The number of hydrogen-bond donors (Lipinski definition) is 4. The van der Waals surface area contributed by atoms with Crippen molar-refractivity contribution in [2.45, 2.75) is 6.54 Å². The lowest BCUT2D eigenvalue weighted by Gasteiger charge is -2.06. The van der Waals surface area contributed by atoms with Crippen molar-refractivity contribution in [2.24, 2.45) is 10.7 Å². The predicted octanol–water partition coefficient (Wildman–Crippen LogP) is 0.911. The van der Waals surface area contributed by atoms with Gasteiger partial charge in [0.15, 0.2) is 11.6 Å². The molecule has 21 heavy (non-hydrogen) atoms. The Morgan fingerprint density at radius 3 is 3.05 bits per heavy atom. The van der Waals surface area contributed by atoms with Crippen LogP contribution < -0.4 is 11.1 Å². The van der Waals surface area contributed by atoms with Crippen LogP contribution in [0.4, 0.5) is 5.69 Å². The summed E-state index contributed by atoms with van der Waals surface area (Å²) in [6.07, 6.45) is 3.09. The van der Waals surface area contributed by atoms with Gasteiger partial charge in [-0.3, -0.25) is 10.1 Å². The minimum atomic E-state index is -0.635. The third kappa shape index (κ3) is 3.57. The van der Waals surface area contributed by atoms with Crippen LogP contribution in [0.5, 0.6) is 5.75 Å². The van der Waals surface area contributed by atoms with Crippen molar-refractivity contribution in [1.29, 1.82) is 0 Å². The van der Waals surface area contributed by atoms with Crippen molar-refractivity contribution in [1.82, 2.24) is 15.3 Å². The smallest absolute Gasteiger partial charge is 0.260 e. The van der Waals surface area contributed by atoms with Crippen LogP contribution in [-0.4, -0.2) is 26.9 Å². The van der Waals surface area contributed by atoms with Crippen LogP contribution in [0.2, 0.25) is 0 Å². The number of nitrogens with two attached hydrogens (primary N) is 1. The first-order valence-electron chi connectivity index (χ1n) is 5.89. The van der Waals surface area contributed by atoms with Crippen LogP contribution in [0.3, 0.4) is 0 Å². The van der Waals surface area contributed by atoms with Gasteiger partial charge in [0.1, 0.15) is 5.75 Å². The van der Waals surface area contributed by atoms with E-state index in [2.05, 4.69) is 25.1 Å². The average Bonchev–Trinajstić information content (AvgIpc) is 2.99. The van der Waals surface area contributed by atoms with Gasteiger partial charge in [-0.25, -0.2) is 14.8 Å². The van der Waals surface area contributed by atoms with E-state index in [0.29, 0.717) is 0 Å². The number of H-pyrrole nitrogens is 1. The van der Waals surface area contributed by atoms with E-state index in [0.717, 1.165) is 5.69 Å². The molecule has 0 saturated carbocycles. The van der Waals surface area contributed by atoms with Gasteiger partial charge in [-0.05, 0) is 12.1 Å². The molecule has 1 amide bonds. The molecule has 0 saturated heterocycles. The number of aromatic nitrogens is 2. The zero-order valence-electron chi connectivity index (χ0n) is 10.9. The second-order valence-corrected chi connectivity index (χ2v) is 4.05. The van der Waals surface area contributed by atoms with Crippen molar-refractivity contribution in [3.8, 4) is 5.75 Å². The molecule has 0 unspecified atom stereocenters. The molecular formula is C13H12N6O2. The van der Waals surface area contributed by atoms with E-state index < -0.39 is 5.91 Å². The summed E-state index contributed by atoms with van der Waals surface area (Å²) >= 11 is 0. The predicted molar refractivity (Wildman–Crippen MR) is 75.7 cm³/mol. The van der Waals surface area contributed by atoms with Crippen LogP contribution in [0.1, 0.15) is 16.1 Å². The monoisotopic (exact) mass is 284 g/mol. The molecule has 0 aliphatic carbocycles. The Morgan fingerprint density at radius 2 is 2.38 bits per heavy atom. The third-order valence-electron chi connectivity index (χ3n) is 2.57. The molecule has 0 aliphatic rings. The van der Waals surface area contributed by atoms with E-state index in [1.54, 1.807) is 6.20 Å². The topological polar surface area (TPSA) is 121 Å². The number of hydrogen-bond acceptors (Lipinski definition) is 4. The molecule has 0 radical (unpaired) electrons. The quantitative estimate of drug-likeness (QED) is 0.380. The van der Waals surface area contributed by atoms with Gasteiger partial charge in [0.05, 0.1) is 30.7 Å². The minimum absolute atomic E-state index is 0.0387. The van der Waals surface area contributed by atoms with Gasteiger partial charge in [-0.15, -0.1) is 0 Å². The first kappa shape index (κ1) is 14.1. The van der Waals surface area contributed by atoms with E-state index in [1.165, 1.54) is 24.5 Å². The molecule has 8 nitrogen and oxygen atoms in total. The molecule has 0 aliphatic heterocycles. The highest BCUT2D eigenvalue weighted by atomic mass is 16.3. The highest BCUT2D eigenvalue weighted by Crippen LogP contribution is 2.23. The standard InChI is InChI=1S/C13H12N6O2/c1-15-8-2-3-11(20)10(4-8)12(21)19-13(14)17-6-9-5-16-7-18-9/h2-5,7,20H,6H2,(H,16,18)(H3,14,17,19,21). The maximum Gasteiger partial charge on any atom is 0.260 e. The number of imidazole rings is 1. The van der Waals surface area contributed by atoms with Crippen LogP contribution in [-0.2, 0) is 6.54 Å². The molecule has 0 bridgehead atoms. The SMILES string of the molecule is [C-]#[N+]c1ccc(O)c(C(=O)NC(N)=NCc2cnc[nH]2)c1. The Morgan fingerprint density at radius 1 is 1.57 bits per heavy atom. The summed E-state index contributed by atoms with van der Waals surface area (Å²) < 4.78 is 0. The molecule has 2 aromatic rings. The number of phenols is 1. The Hall–Kier alpha value is -3.34. The van der Waals surface area contributed by atoms with E-state index in [-0.39, 0.29) is 29.5 Å². The Balaban J connectivity index is 2.07. The minimum Gasteiger partial charge on any atom is -0.507 e. The summed E-state index contributed by atoms with van der Waals surface area (Å²) in [4.78, 5) is 25.8. The Labute approximate surface area is 120 Å². The Kier molecular flexibility index (Phi) is 4.16. The summed E-state index contributed by atoms with van der Waals surface area (Å²) in [5.74, 6) is -0.965. The average molecular weight is 284 g/mol. The lowest BCUT2D eigenvalue weighted by molar-refractivity contribution is 0.0974. The van der Waals surface area contributed by atoms with Crippen LogP contribution >= 0.6 is 0 Å². The fourth-order valence-corrected chi connectivity index (χ4v) is 1.54. The number of benzene rings is 1. The third-order valence-corrected chi connectivity index (χ3v) is 2.57. The first-order chi connectivity index (χ1) is 10.1. The molecule has 8 heteroatoms. The number of rotatable bonds is 3. The summed E-state index contributed by atoms with van der Waals surface area (Å²) in [7, 11) is 0. The molecule has 0 fully saturated rings. The number of carbonyl (C=O) groups excluding carboxylic acids is 1. The van der Waals surface area contributed by atoms with Crippen molar-refractivity contribution >= 4 is 17.6 Å². The van der Waals surface area contributed by atoms with Gasteiger partial charge in [0.2, 0.25) is 0 Å². The number of amides is 1. The summed E-state index contributed by atoms with van der Waals surface area (Å²) in [6.45, 7) is 7.13. The largest absolute Gasteiger partial charge is 0.507 e. The van der Waals surface area contributed by atoms with Crippen LogP contribution in [0.15, 0.2) is 35.7 Å². The molecule has 5 N–H and O–H groups in total. The zero-order chi connectivity index (χ0) is 15.2. The van der Waals surface area contributed by atoms with Crippen LogP contribution in [0, 0.1) is 6.57 Å². The highest BCUT2D eigenvalue weighted by Gasteiger charge is 2.12. The highest BCUT2D eigenvalue weighted by molar-refractivity contribution is 6.07. The lowest BCUT2D eigenvalue weighted by Crippen LogP contribution is -2.36. The normalized spacial score (nSPS) is 10.9. The number of carbonyl (C=O) groups is 1. The number of aliphatic imine (C=N–C) groups is 1. The number of aromatic amines is 1. The van der Waals surface area contributed by atoms with Gasteiger partial charge in [-0.1, -0.05) is 6.07 Å². The lowest BCUT2D eigenvalue weighted by atomic mass is 10.1.